The maximum atomic E-state index is 12.7. The first-order valence-corrected chi connectivity index (χ1v) is 35.2. The molecular weight excluding hydrogens is 1270 g/mol. The zero-order chi connectivity index (χ0) is 69.5. The Balaban J connectivity index is 0.000000222. The van der Waals surface area contributed by atoms with Gasteiger partial charge in [0.15, 0.2) is 0 Å². The van der Waals surface area contributed by atoms with Crippen LogP contribution < -0.4 is 53.1 Å². The van der Waals surface area contributed by atoms with Gasteiger partial charge in [-0.05, 0) is 160 Å². The van der Waals surface area contributed by atoms with Crippen molar-refractivity contribution in [1.82, 2.24) is 10.2 Å². The molecule has 5 aliphatic heterocycles. The summed E-state index contributed by atoms with van der Waals surface area (Å²) in [6.07, 6.45) is 9.12. The molecule has 0 aromatic heterocycles. The predicted molar refractivity (Wildman–Crippen MR) is 367 cm³/mol. The van der Waals surface area contributed by atoms with Gasteiger partial charge in [-0.2, -0.15) is 0 Å². The van der Waals surface area contributed by atoms with Crippen LogP contribution >= 0.6 is 0 Å². The Morgan fingerprint density at radius 1 is 0.475 bits per heavy atom. The van der Waals surface area contributed by atoms with Crippen molar-refractivity contribution in [1.29, 1.82) is 0 Å². The maximum absolute atomic E-state index is 12.7. The third-order valence-electron chi connectivity index (χ3n) is 19.8. The number of morpholine rings is 2. The van der Waals surface area contributed by atoms with Crippen LogP contribution in [0.1, 0.15) is 153 Å². The molecule has 5 heterocycles. The number of ether oxygens (including phenoxy) is 12. The summed E-state index contributed by atoms with van der Waals surface area (Å²) in [5.74, 6) is -0.440. The second-order valence-corrected chi connectivity index (χ2v) is 25.8. The van der Waals surface area contributed by atoms with Crippen LogP contribution in [-0.2, 0) is 57.0 Å². The Morgan fingerprint density at radius 3 is 1.07 bits per heavy atom. The number of esters is 4. The summed E-state index contributed by atoms with van der Waals surface area (Å²) in [4.78, 5) is 81.8. The molecule has 11 rings (SSSR count). The van der Waals surface area contributed by atoms with Gasteiger partial charge in [-0.15, -0.1) is 0 Å². The molecule has 3 N–H and O–H groups in total. The van der Waals surface area contributed by atoms with E-state index < -0.39 is 11.9 Å². The smallest absolute Gasteiger partial charge is 0.870 e. The van der Waals surface area contributed by atoms with Crippen molar-refractivity contribution >= 4 is 52.8 Å². The van der Waals surface area contributed by atoms with Gasteiger partial charge in [-0.3, -0.25) is 14.4 Å². The number of nitrogens with zero attached hydrogens (tertiary/aromatic N) is 4. The summed E-state index contributed by atoms with van der Waals surface area (Å²) in [5, 5.41) is 12.2. The Hall–Kier alpha value is -6.40. The summed E-state index contributed by atoms with van der Waals surface area (Å²) < 4.78 is 65.5. The van der Waals surface area contributed by atoms with E-state index in [1.54, 1.807) is 18.2 Å². The van der Waals surface area contributed by atoms with E-state index in [0.29, 0.717) is 123 Å². The normalized spacial score (nSPS) is 22.1. The predicted octanol–water partition coefficient (Wildman–Crippen LogP) is 5.77. The monoisotopic (exact) mass is 1380 g/mol. The summed E-state index contributed by atoms with van der Waals surface area (Å²) in [5.41, 5.74) is 7.12. The van der Waals surface area contributed by atoms with Crippen LogP contribution in [0.3, 0.4) is 0 Å². The average molecular weight is 1380 g/mol. The van der Waals surface area contributed by atoms with Gasteiger partial charge in [-0.25, -0.2) is 14.4 Å². The van der Waals surface area contributed by atoms with E-state index in [1.807, 2.05) is 50.8 Å². The number of anilines is 3. The molecule has 546 valence electrons. The molecule has 5 saturated heterocycles. The first-order valence-electron chi connectivity index (χ1n) is 35.2. The summed E-state index contributed by atoms with van der Waals surface area (Å²) in [6.45, 7) is 27.7. The molecular formula is C73H108LiN5O20. The zero-order valence-corrected chi connectivity index (χ0v) is 60.4. The van der Waals surface area contributed by atoms with Gasteiger partial charge in [0.1, 0.15) is 35.6 Å². The number of nitrogens with one attached hydrogen (secondary N) is 1. The third-order valence-corrected chi connectivity index (χ3v) is 19.8. The van der Waals surface area contributed by atoms with Crippen molar-refractivity contribution in [3.63, 3.8) is 0 Å². The molecule has 0 spiro atoms. The first kappa shape index (κ1) is 81.6. The van der Waals surface area contributed by atoms with E-state index in [2.05, 4.69) is 40.8 Å². The molecule has 0 radical (unpaired) electrons. The Kier molecular flexibility index (Phi) is 33.7. The number of methoxy groups -OCH3 is 3. The maximum Gasteiger partial charge on any atom is 1.00 e. The van der Waals surface area contributed by atoms with E-state index in [0.717, 1.165) is 158 Å². The quantitative estimate of drug-likeness (QED) is 0.0685. The van der Waals surface area contributed by atoms with Crippen LogP contribution in [0.5, 0.6) is 17.2 Å². The Labute approximate surface area is 596 Å². The van der Waals surface area contributed by atoms with Crippen LogP contribution in [0.4, 0.5) is 17.1 Å². The van der Waals surface area contributed by atoms with Crippen molar-refractivity contribution in [2.24, 2.45) is 17.8 Å². The number of hydrogen-bond acceptors (Lipinski definition) is 23. The minimum absolute atomic E-state index is 0. The number of benzene rings is 3. The molecule has 3 aromatic rings. The topological polar surface area (TPSA) is 288 Å². The Morgan fingerprint density at radius 2 is 0.788 bits per heavy atom. The largest absolute Gasteiger partial charge is 1.00 e. The number of carbonyl (C=O) groups is 6. The molecule has 3 aliphatic carbocycles. The van der Waals surface area contributed by atoms with Gasteiger partial charge in [0, 0.05) is 145 Å². The summed E-state index contributed by atoms with van der Waals surface area (Å²) in [7, 11) is 4.16. The van der Waals surface area contributed by atoms with Gasteiger partial charge >= 0.3 is 48.7 Å². The third kappa shape index (κ3) is 22.1. The minimum atomic E-state index is -0.781. The molecule has 3 saturated carbocycles. The van der Waals surface area contributed by atoms with Crippen LogP contribution in [-0.4, -0.2) is 227 Å². The summed E-state index contributed by atoms with van der Waals surface area (Å²) >= 11 is 0. The van der Waals surface area contributed by atoms with Gasteiger partial charge < -0.3 is 92.3 Å². The van der Waals surface area contributed by atoms with Crippen LogP contribution in [0.15, 0.2) is 36.4 Å². The molecule has 99 heavy (non-hydrogen) atoms. The van der Waals surface area contributed by atoms with Crippen molar-refractivity contribution in [3.05, 3.63) is 69.8 Å². The Bertz CT molecular complexity index is 3050. The van der Waals surface area contributed by atoms with E-state index in [9.17, 15) is 28.8 Å². The molecule has 0 unspecified atom stereocenters. The second-order valence-electron chi connectivity index (χ2n) is 25.8. The second kappa shape index (κ2) is 40.9. The molecule has 25 nitrogen and oxygen atoms in total. The molecule has 26 heteroatoms. The number of amides is 1. The van der Waals surface area contributed by atoms with Gasteiger partial charge in [0.2, 0.25) is 5.91 Å². The van der Waals surface area contributed by atoms with Crippen molar-refractivity contribution in [3.8, 4) is 17.2 Å². The fraction of sp³-hybridized carbons (Fsp3) is 0.671. The van der Waals surface area contributed by atoms with Gasteiger partial charge in [0.25, 0.3) is 0 Å². The molecule has 0 bridgehead atoms. The van der Waals surface area contributed by atoms with Gasteiger partial charge in [0.05, 0.1) is 82.9 Å². The number of carbonyl (C=O) groups excluding carboxylic acids is 5. The number of carboxylic acids is 1. The number of aliphatic carboxylic acids is 1. The number of hydrogen-bond donors (Lipinski definition) is 2. The van der Waals surface area contributed by atoms with Crippen molar-refractivity contribution < 1.29 is 115 Å². The van der Waals surface area contributed by atoms with E-state index in [4.69, 9.17) is 61.9 Å². The van der Waals surface area contributed by atoms with E-state index in [-0.39, 0.29) is 84.2 Å². The van der Waals surface area contributed by atoms with Crippen LogP contribution in [0, 0.1) is 38.5 Å². The number of carboxylic acid groups (broad SMARTS) is 1. The van der Waals surface area contributed by atoms with E-state index >= 15 is 0 Å². The van der Waals surface area contributed by atoms with Crippen LogP contribution in [0.25, 0.3) is 0 Å². The molecule has 0 atom stereocenters. The zero-order valence-electron chi connectivity index (χ0n) is 60.4. The van der Waals surface area contributed by atoms with Gasteiger partial charge in [-0.1, -0.05) is 0 Å². The molecule has 1 amide bonds. The number of rotatable bonds is 22. The van der Waals surface area contributed by atoms with Crippen LogP contribution in [0.2, 0.25) is 0 Å². The molecule has 3 aromatic carbocycles. The average Bonchev–Trinajstić information content (AvgIpc) is 0.805. The summed E-state index contributed by atoms with van der Waals surface area (Å²) in [6, 6.07) is 12.3. The fourth-order valence-corrected chi connectivity index (χ4v) is 13.9. The van der Waals surface area contributed by atoms with Crippen molar-refractivity contribution in [2.75, 3.05) is 155 Å². The van der Waals surface area contributed by atoms with Crippen molar-refractivity contribution in [2.45, 2.75) is 162 Å². The minimum Gasteiger partial charge on any atom is -0.870 e. The molecule has 8 aliphatic rings. The first-order chi connectivity index (χ1) is 46.9. The molecule has 8 fully saturated rings. The SMILES string of the molecule is C1COCCN1.CCN(c1cc(OC2CC(C(=O)N3CCOCC3)C2)cc(C(=O)OC)c1C)C1CCOCC1.CCN(c1cc(OC2CC(C(=O)O)C2)cc(C(=O)OC)c1C)C1CCOCC1.CCOC(=O)C1CC(Oc2cc(C(=O)OC)c(C)c(N(CC)C3CCOCC3)c2)C1.[Li+].[OH-]. The fourth-order valence-electron chi connectivity index (χ4n) is 13.9. The standard InChI is InChI=1S/C25H36N2O6.C23H33NO6.C21H29NO6.C4H9NO.Li.H2O/c1-4-27(19-5-9-31-10-6-19)23-16-21(15-22(17(23)2)25(29)30-3)33-20-13-18(14-20)24(28)26-7-11-32-12-8-26;1-5-24(17-7-9-28-10-8-17)21-14-19(13-20(15(21)3)23(26)27-4)30-18-11-16(12-18)22(25)29-6-2;1-4-22(15-5-7-27-8-6-15)19-12-17(11-18(13(19)2)21(25)26-3)28-16-9-14(10-16)20(23)24;1-3-6-4-2-5-1;;/h15-16,18-20H,4-14H2,1-3H3;13-14,16-18H,5-12H2,1-4H3;11-12,14-16H,4-10H2,1-3H3,(H,23,24);5H,1-4H2;;1H2/q;;;;+1;/p-1. The van der Waals surface area contributed by atoms with E-state index in [1.165, 1.54) is 21.3 Å².